The van der Waals surface area contributed by atoms with Crippen molar-refractivity contribution in [3.63, 3.8) is 0 Å². The zero-order chi connectivity index (χ0) is 22.0. The minimum Gasteiger partial charge on any atom is -0.397 e. The molecular formula is C22H25N9. The highest BCUT2D eigenvalue weighted by Crippen LogP contribution is 2.41. The second-order valence-electron chi connectivity index (χ2n) is 8.06. The van der Waals surface area contributed by atoms with Gasteiger partial charge in [-0.3, -0.25) is 10.2 Å². The summed E-state index contributed by atoms with van der Waals surface area (Å²) in [5, 5.41) is 24.1. The van der Waals surface area contributed by atoms with E-state index in [9.17, 15) is 5.26 Å². The number of piperidine rings is 1. The molecule has 1 saturated heterocycles. The third-order valence-corrected chi connectivity index (χ3v) is 5.98. The number of aliphatic imine (C=N–C) groups is 1. The maximum Gasteiger partial charge on any atom is 0.211 e. The number of nitrogens with one attached hydrogen (secondary N) is 2. The van der Waals surface area contributed by atoms with Crippen molar-refractivity contribution in [2.24, 2.45) is 10.9 Å². The van der Waals surface area contributed by atoms with Crippen molar-refractivity contribution in [2.45, 2.75) is 32.4 Å². The number of fused-ring (bicyclic) bond motifs is 1. The molecule has 4 rings (SSSR count). The quantitative estimate of drug-likeness (QED) is 0.440. The molecule has 3 heterocycles. The van der Waals surface area contributed by atoms with E-state index in [0.29, 0.717) is 11.4 Å². The van der Waals surface area contributed by atoms with Crippen LogP contribution in [0, 0.1) is 28.7 Å². The Labute approximate surface area is 181 Å². The largest absolute Gasteiger partial charge is 0.397 e. The average molecular weight is 416 g/mol. The normalized spacial score (nSPS) is 18.8. The van der Waals surface area contributed by atoms with E-state index in [-0.39, 0.29) is 23.0 Å². The molecule has 1 fully saturated rings. The number of hydrogen-bond acceptors (Lipinski definition) is 9. The second kappa shape index (κ2) is 8.50. The smallest absolute Gasteiger partial charge is 0.211 e. The first-order valence-corrected chi connectivity index (χ1v) is 10.3. The van der Waals surface area contributed by atoms with E-state index in [1.54, 1.807) is 0 Å². The minimum absolute atomic E-state index is 0.0407. The van der Waals surface area contributed by atoms with Crippen molar-refractivity contribution in [2.75, 3.05) is 29.9 Å². The highest BCUT2D eigenvalue weighted by atomic mass is 15.2. The predicted octanol–water partition coefficient (Wildman–Crippen LogP) is 2.29. The number of aromatic nitrogens is 1. The molecular weight excluding hydrogens is 390 g/mol. The molecule has 31 heavy (non-hydrogen) atoms. The summed E-state index contributed by atoms with van der Waals surface area (Å²) in [6.45, 7) is 5.21. The fourth-order valence-corrected chi connectivity index (χ4v) is 4.21. The maximum atomic E-state index is 9.52. The van der Waals surface area contributed by atoms with Gasteiger partial charge in [0.1, 0.15) is 29.3 Å². The number of nitrogen functional groups attached to an aromatic ring is 2. The number of likely N-dealkylation sites (tertiary alicyclic amines) is 1. The first-order chi connectivity index (χ1) is 15.0. The lowest BCUT2D eigenvalue weighted by Crippen LogP contribution is -2.34. The van der Waals surface area contributed by atoms with Gasteiger partial charge in [-0.1, -0.05) is 31.2 Å². The highest BCUT2D eigenvalue weighted by molar-refractivity contribution is 5.98. The summed E-state index contributed by atoms with van der Waals surface area (Å²) in [7, 11) is 0. The van der Waals surface area contributed by atoms with Crippen LogP contribution in [-0.4, -0.2) is 28.9 Å². The van der Waals surface area contributed by atoms with Gasteiger partial charge in [0.2, 0.25) is 5.96 Å². The molecule has 1 aromatic heterocycles. The van der Waals surface area contributed by atoms with Gasteiger partial charge in [0.05, 0.1) is 5.69 Å². The summed E-state index contributed by atoms with van der Waals surface area (Å²) in [4.78, 5) is 11.5. The van der Waals surface area contributed by atoms with E-state index in [1.165, 1.54) is 12.8 Å². The van der Waals surface area contributed by atoms with Gasteiger partial charge in [-0.25, -0.2) is 9.98 Å². The van der Waals surface area contributed by atoms with Gasteiger partial charge in [0, 0.05) is 12.1 Å². The molecule has 1 aromatic carbocycles. The molecule has 0 bridgehead atoms. The molecule has 6 N–H and O–H groups in total. The Kier molecular flexibility index (Phi) is 5.61. The molecule has 0 amide bonds. The number of nitrogens with zero attached hydrogens (tertiary/aromatic N) is 5. The van der Waals surface area contributed by atoms with E-state index in [4.69, 9.17) is 21.7 Å². The van der Waals surface area contributed by atoms with Crippen LogP contribution in [0.1, 0.15) is 48.1 Å². The Morgan fingerprint density at radius 1 is 1.23 bits per heavy atom. The molecule has 9 nitrogen and oxygen atoms in total. The van der Waals surface area contributed by atoms with Crippen LogP contribution in [0.5, 0.6) is 0 Å². The van der Waals surface area contributed by atoms with Gasteiger partial charge in [-0.05, 0) is 43.0 Å². The topological polar surface area (TPSA) is 152 Å². The van der Waals surface area contributed by atoms with Crippen LogP contribution >= 0.6 is 0 Å². The fraction of sp³-hybridized carbons (Fsp3) is 0.364. The lowest BCUT2D eigenvalue weighted by atomic mass is 9.91. The van der Waals surface area contributed by atoms with Crippen molar-refractivity contribution < 1.29 is 0 Å². The number of nitriles is 2. The minimum atomic E-state index is -0.521. The van der Waals surface area contributed by atoms with Crippen LogP contribution in [0.2, 0.25) is 0 Å². The third kappa shape index (κ3) is 3.96. The molecule has 2 aromatic rings. The Hall–Kier alpha value is -3.82. The van der Waals surface area contributed by atoms with Gasteiger partial charge >= 0.3 is 0 Å². The standard InChI is InChI=1S/C22H25N9/c1-13-6-8-31(9-7-13)11-14-4-2-3-5-15(14)19-17-18(25)16(10-23)20(26)29-21(17)30-22(28-19)27-12-24/h2-5,13,19H,6-9,11H2,1H3,(H6,25,26,27,28,29,30). The number of nitrogens with two attached hydrogens (primary N) is 2. The number of hydrogen-bond donors (Lipinski definition) is 4. The summed E-state index contributed by atoms with van der Waals surface area (Å²) in [5.41, 5.74) is 15.4. The van der Waals surface area contributed by atoms with Crippen LogP contribution in [0.4, 0.5) is 17.3 Å². The van der Waals surface area contributed by atoms with Crippen LogP contribution in [0.25, 0.3) is 0 Å². The number of pyridine rings is 1. The molecule has 1 atom stereocenters. The Morgan fingerprint density at radius 2 is 1.97 bits per heavy atom. The fourth-order valence-electron chi connectivity index (χ4n) is 4.21. The molecule has 1 unspecified atom stereocenters. The first kappa shape index (κ1) is 20.5. The number of anilines is 3. The molecule has 9 heteroatoms. The number of benzene rings is 1. The lowest BCUT2D eigenvalue weighted by molar-refractivity contribution is 0.185. The van der Waals surface area contributed by atoms with E-state index in [1.807, 2.05) is 30.5 Å². The van der Waals surface area contributed by atoms with Crippen LogP contribution < -0.4 is 22.1 Å². The highest BCUT2D eigenvalue weighted by Gasteiger charge is 2.31. The summed E-state index contributed by atoms with van der Waals surface area (Å²) in [6.07, 6.45) is 4.26. The van der Waals surface area contributed by atoms with Crippen molar-refractivity contribution in [1.82, 2.24) is 15.2 Å². The van der Waals surface area contributed by atoms with Crippen LogP contribution in [0.3, 0.4) is 0 Å². The van der Waals surface area contributed by atoms with Crippen LogP contribution in [-0.2, 0) is 6.54 Å². The van der Waals surface area contributed by atoms with Gasteiger partial charge in [-0.2, -0.15) is 10.5 Å². The number of guanidine groups is 1. The molecule has 0 aliphatic carbocycles. The van der Waals surface area contributed by atoms with Gasteiger partial charge in [0.25, 0.3) is 0 Å². The van der Waals surface area contributed by atoms with E-state index in [2.05, 4.69) is 33.5 Å². The van der Waals surface area contributed by atoms with Gasteiger partial charge in [0.15, 0.2) is 6.19 Å². The summed E-state index contributed by atoms with van der Waals surface area (Å²) >= 11 is 0. The van der Waals surface area contributed by atoms with Gasteiger partial charge < -0.3 is 16.8 Å². The first-order valence-electron chi connectivity index (χ1n) is 10.3. The molecule has 158 valence electrons. The molecule has 0 saturated carbocycles. The predicted molar refractivity (Wildman–Crippen MR) is 120 cm³/mol. The number of rotatable bonds is 3. The molecule has 0 spiro atoms. The Morgan fingerprint density at radius 3 is 2.68 bits per heavy atom. The van der Waals surface area contributed by atoms with Crippen molar-refractivity contribution in [3.8, 4) is 12.3 Å². The summed E-state index contributed by atoms with van der Waals surface area (Å²) in [6, 6.07) is 9.59. The zero-order valence-corrected chi connectivity index (χ0v) is 17.4. The Balaban J connectivity index is 1.79. The van der Waals surface area contributed by atoms with E-state index < -0.39 is 6.04 Å². The van der Waals surface area contributed by atoms with Crippen molar-refractivity contribution in [3.05, 3.63) is 46.5 Å². The second-order valence-corrected chi connectivity index (χ2v) is 8.06. The van der Waals surface area contributed by atoms with E-state index >= 15 is 0 Å². The average Bonchev–Trinajstić information content (AvgIpc) is 2.75. The third-order valence-electron chi connectivity index (χ3n) is 5.98. The van der Waals surface area contributed by atoms with Crippen molar-refractivity contribution in [1.29, 1.82) is 10.5 Å². The van der Waals surface area contributed by atoms with Crippen LogP contribution in [0.15, 0.2) is 29.3 Å². The van der Waals surface area contributed by atoms with Crippen molar-refractivity contribution >= 4 is 23.3 Å². The molecule has 0 radical (unpaired) electrons. The summed E-state index contributed by atoms with van der Waals surface area (Å²) in [5.74, 6) is 1.46. The molecule has 2 aliphatic heterocycles. The molecule has 2 aliphatic rings. The monoisotopic (exact) mass is 415 g/mol. The van der Waals surface area contributed by atoms with Gasteiger partial charge in [-0.15, -0.1) is 0 Å². The van der Waals surface area contributed by atoms with E-state index in [0.717, 1.165) is 36.7 Å². The summed E-state index contributed by atoms with van der Waals surface area (Å²) < 4.78 is 0. The zero-order valence-electron chi connectivity index (χ0n) is 17.4. The lowest BCUT2D eigenvalue weighted by Gasteiger charge is -2.32. The maximum absolute atomic E-state index is 9.52. The Bertz CT molecular complexity index is 1100. The SMILES string of the molecule is CC1CCN(Cc2ccccc2C2N=C(NC#N)Nc3nc(N)c(C#N)c(N)c32)CC1.